The number of fused-ring (bicyclic) bond motifs is 1. The number of aromatic nitrogens is 1. The van der Waals surface area contributed by atoms with Gasteiger partial charge in [-0.05, 0) is 57.0 Å². The van der Waals surface area contributed by atoms with Crippen LogP contribution >= 0.6 is 11.3 Å². The van der Waals surface area contributed by atoms with Crippen molar-refractivity contribution in [1.29, 1.82) is 5.26 Å². The first-order chi connectivity index (χ1) is 18.5. The summed E-state index contributed by atoms with van der Waals surface area (Å²) in [5.41, 5.74) is 2.47. The Morgan fingerprint density at radius 1 is 1.16 bits per heavy atom. The fourth-order valence-corrected chi connectivity index (χ4v) is 6.47. The largest absolute Gasteiger partial charge is 0.381 e. The fraction of sp³-hybridized carbons (Fsp3) is 0.448. The second-order valence-electron chi connectivity index (χ2n) is 10.0. The van der Waals surface area contributed by atoms with Gasteiger partial charge >= 0.3 is 0 Å². The predicted octanol–water partition coefficient (Wildman–Crippen LogP) is 4.02. The Hall–Kier alpha value is -3.32. The number of amides is 2. The van der Waals surface area contributed by atoms with E-state index >= 15 is 0 Å². The topological polar surface area (TPSA) is 107 Å². The second-order valence-corrected chi connectivity index (χ2v) is 10.9. The lowest BCUT2D eigenvalue weighted by molar-refractivity contribution is -0.140. The van der Waals surface area contributed by atoms with Crippen molar-refractivity contribution < 1.29 is 14.3 Å². The molecule has 0 saturated carbocycles. The van der Waals surface area contributed by atoms with Crippen LogP contribution in [-0.4, -0.2) is 60.6 Å². The van der Waals surface area contributed by atoms with Crippen molar-refractivity contribution in [2.24, 2.45) is 5.92 Å². The van der Waals surface area contributed by atoms with Gasteiger partial charge in [-0.1, -0.05) is 30.3 Å². The molecule has 2 fully saturated rings. The molecule has 2 aromatic carbocycles. The Morgan fingerprint density at radius 2 is 1.92 bits per heavy atom. The van der Waals surface area contributed by atoms with E-state index in [4.69, 9.17) is 9.72 Å². The summed E-state index contributed by atoms with van der Waals surface area (Å²) in [6.45, 7) is 3.65. The van der Waals surface area contributed by atoms with Crippen LogP contribution in [0, 0.1) is 17.2 Å². The van der Waals surface area contributed by atoms with Gasteiger partial charge in [0.2, 0.25) is 11.8 Å². The number of benzene rings is 2. The number of rotatable bonds is 7. The third-order valence-electron chi connectivity index (χ3n) is 7.79. The molecular weight excluding hydrogens is 498 g/mol. The van der Waals surface area contributed by atoms with E-state index in [0.29, 0.717) is 25.3 Å². The number of likely N-dealkylation sites (N-methyl/N-ethyl adjacent to an activating group) is 1. The number of ether oxygens (including phenoxy) is 1. The molecule has 0 radical (unpaired) electrons. The lowest BCUT2D eigenvalue weighted by atomic mass is 9.90. The van der Waals surface area contributed by atoms with E-state index in [1.807, 2.05) is 46.7 Å². The van der Waals surface area contributed by atoms with E-state index in [1.165, 1.54) is 0 Å². The fourth-order valence-electron chi connectivity index (χ4n) is 5.50. The zero-order valence-electron chi connectivity index (χ0n) is 21.8. The molecule has 2 amide bonds. The molecule has 198 valence electrons. The molecule has 8 nitrogen and oxygen atoms in total. The first-order valence-corrected chi connectivity index (χ1v) is 14.1. The van der Waals surface area contributed by atoms with E-state index in [1.54, 1.807) is 25.3 Å². The van der Waals surface area contributed by atoms with Gasteiger partial charge in [-0.25, -0.2) is 4.98 Å². The van der Waals surface area contributed by atoms with Crippen molar-refractivity contribution in [3.05, 3.63) is 52.3 Å². The molecule has 3 aromatic rings. The van der Waals surface area contributed by atoms with Gasteiger partial charge in [0.15, 0.2) is 0 Å². The number of carbonyl (C=O) groups excluding carboxylic acids is 2. The Bertz CT molecular complexity index is 1360. The van der Waals surface area contributed by atoms with Crippen molar-refractivity contribution in [2.75, 3.05) is 26.8 Å². The molecular formula is C29H33N5O3S. The summed E-state index contributed by atoms with van der Waals surface area (Å²) in [5, 5.41) is 20.4. The minimum Gasteiger partial charge on any atom is -0.381 e. The van der Waals surface area contributed by atoms with Crippen molar-refractivity contribution >= 4 is 33.9 Å². The molecule has 0 aliphatic carbocycles. The Balaban J connectivity index is 1.42. The molecule has 0 bridgehead atoms. The van der Waals surface area contributed by atoms with Gasteiger partial charge in [0.1, 0.15) is 11.0 Å². The van der Waals surface area contributed by atoms with E-state index in [2.05, 4.69) is 16.7 Å². The quantitative estimate of drug-likeness (QED) is 0.477. The van der Waals surface area contributed by atoms with Gasteiger partial charge in [-0.2, -0.15) is 5.26 Å². The summed E-state index contributed by atoms with van der Waals surface area (Å²) in [4.78, 5) is 33.7. The molecule has 0 spiro atoms. The van der Waals surface area contributed by atoms with Crippen LogP contribution < -0.4 is 10.6 Å². The van der Waals surface area contributed by atoms with Gasteiger partial charge in [-0.3, -0.25) is 9.59 Å². The third-order valence-corrected chi connectivity index (χ3v) is 8.73. The average Bonchev–Trinajstić information content (AvgIpc) is 3.65. The summed E-state index contributed by atoms with van der Waals surface area (Å²) in [7, 11) is 1.74. The predicted molar refractivity (Wildman–Crippen MR) is 147 cm³/mol. The van der Waals surface area contributed by atoms with Crippen LogP contribution in [0.25, 0.3) is 22.0 Å². The van der Waals surface area contributed by atoms with E-state index in [0.717, 1.165) is 52.7 Å². The van der Waals surface area contributed by atoms with E-state index in [9.17, 15) is 14.9 Å². The van der Waals surface area contributed by atoms with Crippen LogP contribution in [0.2, 0.25) is 0 Å². The van der Waals surface area contributed by atoms with Gasteiger partial charge in [0.25, 0.3) is 0 Å². The zero-order chi connectivity index (χ0) is 26.6. The molecule has 5 rings (SSSR count). The molecule has 1 aromatic heterocycles. The van der Waals surface area contributed by atoms with Gasteiger partial charge in [0, 0.05) is 36.1 Å². The number of thiazole rings is 1. The highest BCUT2D eigenvalue weighted by Crippen LogP contribution is 2.38. The zero-order valence-corrected chi connectivity index (χ0v) is 22.6. The van der Waals surface area contributed by atoms with Crippen LogP contribution in [0.3, 0.4) is 0 Å². The highest BCUT2D eigenvalue weighted by Gasteiger charge is 2.40. The maximum atomic E-state index is 14.0. The molecule has 2 N–H and O–H groups in total. The van der Waals surface area contributed by atoms with Crippen molar-refractivity contribution in [3.63, 3.8) is 0 Å². The lowest BCUT2D eigenvalue weighted by Crippen LogP contribution is -2.56. The molecule has 2 saturated heterocycles. The highest BCUT2D eigenvalue weighted by atomic mass is 32.1. The minimum absolute atomic E-state index is 0.0309. The number of nitriles is 1. The number of nitrogens with zero attached hydrogens (tertiary/aromatic N) is 3. The monoisotopic (exact) mass is 531 g/mol. The van der Waals surface area contributed by atoms with E-state index < -0.39 is 6.04 Å². The molecule has 9 heteroatoms. The molecule has 0 unspecified atom stereocenters. The second kappa shape index (κ2) is 11.6. The summed E-state index contributed by atoms with van der Waals surface area (Å²) in [6.07, 6.45) is 3.23. The minimum atomic E-state index is -0.579. The number of carbonyl (C=O) groups is 2. The number of hydrogen-bond donors (Lipinski definition) is 2. The smallest absolute Gasteiger partial charge is 0.246 e. The van der Waals surface area contributed by atoms with Gasteiger partial charge in [-0.15, -0.1) is 11.3 Å². The first kappa shape index (κ1) is 26.3. The Labute approximate surface area is 227 Å². The molecule has 3 atom stereocenters. The van der Waals surface area contributed by atoms with Crippen molar-refractivity contribution in [2.45, 2.75) is 50.7 Å². The first-order valence-electron chi connectivity index (χ1n) is 13.2. The number of nitrogens with one attached hydrogen (secondary N) is 2. The summed E-state index contributed by atoms with van der Waals surface area (Å²) in [6, 6.07) is 12.9. The van der Waals surface area contributed by atoms with Crippen LogP contribution in [-0.2, 0) is 14.3 Å². The highest BCUT2D eigenvalue weighted by molar-refractivity contribution is 7.10. The average molecular weight is 532 g/mol. The molecule has 2 aliphatic rings. The summed E-state index contributed by atoms with van der Waals surface area (Å²) < 4.78 is 5.53. The normalized spacial score (nSPS) is 19.7. The van der Waals surface area contributed by atoms with Gasteiger partial charge in [0.05, 0.1) is 29.4 Å². The SMILES string of the molecule is CN[C@@H](C)C(=O)N[C@H](C(=O)N1CCC[C@H]1c1nc(-c2cccc3c(C#N)cccc23)cs1)C1CCOCC1. The lowest BCUT2D eigenvalue weighted by Gasteiger charge is -2.35. The Morgan fingerprint density at radius 3 is 2.68 bits per heavy atom. The third kappa shape index (κ3) is 5.17. The molecule has 3 heterocycles. The van der Waals surface area contributed by atoms with Crippen molar-refractivity contribution in [1.82, 2.24) is 20.5 Å². The number of hydrogen-bond acceptors (Lipinski definition) is 7. The van der Waals surface area contributed by atoms with Crippen LogP contribution in [0.15, 0.2) is 41.8 Å². The molecule has 38 heavy (non-hydrogen) atoms. The van der Waals surface area contributed by atoms with Crippen LogP contribution in [0.1, 0.15) is 49.2 Å². The van der Waals surface area contributed by atoms with Crippen LogP contribution in [0.5, 0.6) is 0 Å². The maximum Gasteiger partial charge on any atom is 0.246 e. The Kier molecular flexibility index (Phi) is 8.03. The van der Waals surface area contributed by atoms with E-state index in [-0.39, 0.29) is 29.8 Å². The van der Waals surface area contributed by atoms with Crippen molar-refractivity contribution in [3.8, 4) is 17.3 Å². The standard InChI is InChI=1S/C29H33N5O3S/c1-18(31-2)27(35)33-26(19-11-14-37-15-12-19)29(36)34-13-5-10-25(34)28-32-24(17-38-28)23-9-4-7-21-20(16-30)6-3-8-22(21)23/h3-4,6-9,17-19,25-26,31H,5,10-15H2,1-2H3,(H,33,35)/t18-,25-,26-/m0/s1. The number of likely N-dealkylation sites (tertiary alicyclic amines) is 1. The maximum absolute atomic E-state index is 14.0. The van der Waals surface area contributed by atoms with Gasteiger partial charge < -0.3 is 20.3 Å². The summed E-state index contributed by atoms with van der Waals surface area (Å²) in [5.74, 6) is -0.156. The van der Waals surface area contributed by atoms with Crippen LogP contribution in [0.4, 0.5) is 0 Å². The molecule has 2 aliphatic heterocycles. The summed E-state index contributed by atoms with van der Waals surface area (Å²) >= 11 is 1.56.